The molecule has 196 valence electrons. The topological polar surface area (TPSA) is 108 Å². The fourth-order valence-electron chi connectivity index (χ4n) is 5.18. The van der Waals surface area contributed by atoms with E-state index in [0.29, 0.717) is 31.4 Å². The summed E-state index contributed by atoms with van der Waals surface area (Å²) < 4.78 is 0. The maximum Gasteiger partial charge on any atom is 0.332 e. The summed E-state index contributed by atoms with van der Waals surface area (Å²) in [4.78, 5) is 43.7. The average molecular weight is 507 g/mol. The number of hydrogen-bond donors (Lipinski definition) is 2. The Morgan fingerprint density at radius 1 is 1.14 bits per heavy atom. The minimum absolute atomic E-state index is 0.00122. The summed E-state index contributed by atoms with van der Waals surface area (Å²) in [7, 11) is 3.88. The zero-order chi connectivity index (χ0) is 26.1. The lowest BCUT2D eigenvalue weighted by Gasteiger charge is -2.37. The molecule has 2 fully saturated rings. The van der Waals surface area contributed by atoms with Crippen molar-refractivity contribution < 1.29 is 14.7 Å². The molecule has 0 spiro atoms. The number of likely N-dealkylation sites (tertiary alicyclic amines) is 1. The number of benzene rings is 1. The van der Waals surface area contributed by atoms with Gasteiger partial charge in [-0.05, 0) is 37.7 Å². The molecule has 1 atom stereocenters. The van der Waals surface area contributed by atoms with Crippen LogP contribution < -0.4 is 15.1 Å². The minimum Gasteiger partial charge on any atom is -0.478 e. The van der Waals surface area contributed by atoms with Crippen LogP contribution in [0.3, 0.4) is 0 Å². The van der Waals surface area contributed by atoms with Gasteiger partial charge in [0.1, 0.15) is 5.82 Å². The SMILES string of the molecule is C=C(CN1CCC(N2Cc3cnc(Nc4ccc(N5CCN(C)CC5)cc4)nc3N(C)C2=O)C1)C(=O)O. The van der Waals surface area contributed by atoms with E-state index in [-0.39, 0.29) is 17.6 Å². The number of rotatable bonds is 7. The van der Waals surface area contributed by atoms with Crippen LogP contribution in [0.2, 0.25) is 0 Å². The second-order valence-corrected chi connectivity index (χ2v) is 10.1. The van der Waals surface area contributed by atoms with Crippen molar-refractivity contribution in [3.63, 3.8) is 0 Å². The lowest BCUT2D eigenvalue weighted by atomic mass is 10.1. The van der Waals surface area contributed by atoms with Gasteiger partial charge in [-0.3, -0.25) is 9.80 Å². The average Bonchev–Trinajstić information content (AvgIpc) is 3.35. The molecule has 3 aliphatic heterocycles. The molecular formula is C26H34N8O3. The smallest absolute Gasteiger partial charge is 0.332 e. The molecule has 2 amide bonds. The lowest BCUT2D eigenvalue weighted by Crippen LogP contribution is -2.51. The standard InChI is InChI=1S/C26H34N8O3/c1-18(24(35)36)15-32-9-8-22(17-32)34-16-19-14-27-25(29-23(19)31(3)26(34)37)28-20-4-6-21(7-5-20)33-12-10-30(2)11-13-33/h4-7,14,22H,1,8-13,15-17H2,2-3H3,(H,35,36)(H,27,28,29). The second-order valence-electron chi connectivity index (χ2n) is 10.1. The number of nitrogens with one attached hydrogen (secondary N) is 1. The zero-order valence-electron chi connectivity index (χ0n) is 21.4. The molecule has 2 aromatic rings. The molecule has 3 aliphatic rings. The summed E-state index contributed by atoms with van der Waals surface area (Å²) in [6, 6.07) is 8.15. The van der Waals surface area contributed by atoms with Crippen LogP contribution in [0.4, 0.5) is 27.9 Å². The molecule has 37 heavy (non-hydrogen) atoms. The number of hydrogen-bond acceptors (Lipinski definition) is 8. The van der Waals surface area contributed by atoms with Gasteiger partial charge in [0.2, 0.25) is 5.95 Å². The quantitative estimate of drug-likeness (QED) is 0.546. The van der Waals surface area contributed by atoms with Crippen LogP contribution in [0.1, 0.15) is 12.0 Å². The Balaban J connectivity index is 1.23. The fourth-order valence-corrected chi connectivity index (χ4v) is 5.18. The summed E-state index contributed by atoms with van der Waals surface area (Å²) in [6.07, 6.45) is 2.56. The lowest BCUT2D eigenvalue weighted by molar-refractivity contribution is -0.132. The van der Waals surface area contributed by atoms with E-state index in [4.69, 9.17) is 5.11 Å². The summed E-state index contributed by atoms with van der Waals surface area (Å²) in [5.74, 6) is 0.0547. The Hall–Kier alpha value is -3.70. The van der Waals surface area contributed by atoms with Crippen LogP contribution in [0.15, 0.2) is 42.6 Å². The van der Waals surface area contributed by atoms with Crippen molar-refractivity contribution in [3.8, 4) is 0 Å². The molecule has 0 aliphatic carbocycles. The fraction of sp³-hybridized carbons (Fsp3) is 0.462. The van der Waals surface area contributed by atoms with Gasteiger partial charge in [0.05, 0.1) is 6.54 Å². The van der Waals surface area contributed by atoms with Crippen molar-refractivity contribution in [2.45, 2.75) is 19.0 Å². The van der Waals surface area contributed by atoms with E-state index in [9.17, 15) is 9.59 Å². The number of anilines is 4. The monoisotopic (exact) mass is 506 g/mol. The number of nitrogens with zero attached hydrogens (tertiary/aromatic N) is 7. The molecule has 11 heteroatoms. The Labute approximate surface area is 217 Å². The summed E-state index contributed by atoms with van der Waals surface area (Å²) in [5.41, 5.74) is 3.13. The van der Waals surface area contributed by atoms with Crippen molar-refractivity contribution in [2.75, 3.05) is 75.0 Å². The number of amides is 2. The highest BCUT2D eigenvalue weighted by molar-refractivity contribution is 5.93. The first-order valence-corrected chi connectivity index (χ1v) is 12.6. The van der Waals surface area contributed by atoms with Crippen LogP contribution in [-0.4, -0.2) is 108 Å². The Morgan fingerprint density at radius 2 is 1.86 bits per heavy atom. The highest BCUT2D eigenvalue weighted by atomic mass is 16.4. The zero-order valence-corrected chi connectivity index (χ0v) is 21.4. The van der Waals surface area contributed by atoms with E-state index in [1.54, 1.807) is 18.1 Å². The Kier molecular flexibility index (Phi) is 6.98. The third-order valence-electron chi connectivity index (χ3n) is 7.43. The number of likely N-dealkylation sites (N-methyl/N-ethyl adjacent to an activating group) is 1. The predicted octanol–water partition coefficient (Wildman–Crippen LogP) is 2.06. The number of fused-ring (bicyclic) bond motifs is 1. The van der Waals surface area contributed by atoms with Gasteiger partial charge in [0.15, 0.2) is 0 Å². The first-order chi connectivity index (χ1) is 17.8. The molecule has 0 bridgehead atoms. The number of aromatic nitrogens is 2. The van der Waals surface area contributed by atoms with Crippen molar-refractivity contribution >= 4 is 35.1 Å². The molecule has 1 aromatic heterocycles. The van der Waals surface area contributed by atoms with Gasteiger partial charge in [0, 0.05) is 87.6 Å². The van der Waals surface area contributed by atoms with Gasteiger partial charge >= 0.3 is 12.0 Å². The van der Waals surface area contributed by atoms with Gasteiger partial charge in [-0.1, -0.05) is 6.58 Å². The van der Waals surface area contributed by atoms with E-state index in [0.717, 1.165) is 50.4 Å². The van der Waals surface area contributed by atoms with Crippen LogP contribution >= 0.6 is 0 Å². The maximum absolute atomic E-state index is 13.2. The van der Waals surface area contributed by atoms with Crippen LogP contribution in [-0.2, 0) is 11.3 Å². The molecule has 2 saturated heterocycles. The normalized spacial score (nSPS) is 20.8. The van der Waals surface area contributed by atoms with Crippen molar-refractivity contribution in [2.24, 2.45) is 0 Å². The number of carbonyl (C=O) groups is 2. The summed E-state index contributed by atoms with van der Waals surface area (Å²) >= 11 is 0. The van der Waals surface area contributed by atoms with Gasteiger partial charge < -0.3 is 25.1 Å². The van der Waals surface area contributed by atoms with Crippen molar-refractivity contribution in [1.29, 1.82) is 0 Å². The van der Waals surface area contributed by atoms with Gasteiger partial charge in [0.25, 0.3) is 0 Å². The van der Waals surface area contributed by atoms with E-state index in [2.05, 4.69) is 50.8 Å². The van der Waals surface area contributed by atoms with Gasteiger partial charge in [-0.2, -0.15) is 4.98 Å². The Bertz CT molecular complexity index is 1180. The van der Waals surface area contributed by atoms with E-state index in [1.807, 2.05) is 21.9 Å². The number of piperazine rings is 1. The molecule has 11 nitrogen and oxygen atoms in total. The Morgan fingerprint density at radius 3 is 2.57 bits per heavy atom. The van der Waals surface area contributed by atoms with E-state index in [1.165, 1.54) is 5.69 Å². The first-order valence-electron chi connectivity index (χ1n) is 12.6. The number of urea groups is 1. The highest BCUT2D eigenvalue weighted by Crippen LogP contribution is 2.30. The molecule has 2 N–H and O–H groups in total. The van der Waals surface area contributed by atoms with Gasteiger partial charge in [-0.15, -0.1) is 0 Å². The van der Waals surface area contributed by atoms with E-state index < -0.39 is 5.97 Å². The number of aliphatic carboxylic acids is 1. The third-order valence-corrected chi connectivity index (χ3v) is 7.43. The molecule has 1 unspecified atom stereocenters. The molecule has 4 heterocycles. The van der Waals surface area contributed by atoms with Crippen molar-refractivity contribution in [3.05, 3.63) is 48.2 Å². The largest absolute Gasteiger partial charge is 0.478 e. The van der Waals surface area contributed by atoms with Crippen LogP contribution in [0.5, 0.6) is 0 Å². The first kappa shape index (κ1) is 25.0. The minimum atomic E-state index is -0.987. The van der Waals surface area contributed by atoms with Gasteiger partial charge in [-0.25, -0.2) is 14.6 Å². The predicted molar refractivity (Wildman–Crippen MR) is 142 cm³/mol. The molecule has 0 saturated carbocycles. The molecule has 1 aromatic carbocycles. The van der Waals surface area contributed by atoms with Crippen LogP contribution in [0.25, 0.3) is 0 Å². The summed E-state index contributed by atoms with van der Waals surface area (Å²) in [6.45, 7) is 9.85. The summed E-state index contributed by atoms with van der Waals surface area (Å²) in [5, 5.41) is 12.4. The number of carboxylic acids is 1. The van der Waals surface area contributed by atoms with Crippen molar-refractivity contribution in [1.82, 2.24) is 24.7 Å². The highest BCUT2D eigenvalue weighted by Gasteiger charge is 2.37. The van der Waals surface area contributed by atoms with E-state index >= 15 is 0 Å². The number of carbonyl (C=O) groups excluding carboxylic acids is 1. The number of carboxylic acid groups (broad SMARTS) is 1. The maximum atomic E-state index is 13.2. The molecule has 5 rings (SSSR count). The molecular weight excluding hydrogens is 472 g/mol. The van der Waals surface area contributed by atoms with Crippen LogP contribution in [0, 0.1) is 0 Å². The third kappa shape index (κ3) is 5.37. The second kappa shape index (κ2) is 10.3. The molecule has 0 radical (unpaired) electrons.